The second-order valence-corrected chi connectivity index (χ2v) is 2.62. The van der Waals surface area contributed by atoms with Gasteiger partial charge in [0, 0.05) is 19.1 Å². The smallest absolute Gasteiger partial charge is 0.0620 e. The van der Waals surface area contributed by atoms with E-state index in [1.165, 1.54) is 0 Å². The van der Waals surface area contributed by atoms with E-state index in [0.717, 1.165) is 32.6 Å². The zero-order valence-electron chi connectivity index (χ0n) is 6.23. The molecule has 1 rings (SSSR count). The topological polar surface area (TPSA) is 45.1 Å². The van der Waals surface area contributed by atoms with Crippen molar-refractivity contribution in [1.82, 2.24) is 11.1 Å². The largest absolute Gasteiger partial charge is 0.379 e. The van der Waals surface area contributed by atoms with Crippen LogP contribution in [0.4, 0.5) is 0 Å². The van der Waals surface area contributed by atoms with E-state index >= 15 is 0 Å². The normalized spacial score (nSPS) is 26.7. The first-order chi connectivity index (χ1) is 4.93. The predicted molar refractivity (Wildman–Crippen MR) is 39.8 cm³/mol. The average molecular weight is 143 g/mol. The summed E-state index contributed by atoms with van der Waals surface area (Å²) in [6, 6.07) is 0.513. The van der Waals surface area contributed by atoms with Crippen molar-refractivity contribution >= 4 is 0 Å². The fourth-order valence-electron chi connectivity index (χ4n) is 1.15. The van der Waals surface area contributed by atoms with Gasteiger partial charge in [0.25, 0.3) is 0 Å². The summed E-state index contributed by atoms with van der Waals surface area (Å²) in [5.74, 6) is 0. The van der Waals surface area contributed by atoms with E-state index in [9.17, 15) is 0 Å². The van der Waals surface area contributed by atoms with Crippen LogP contribution in [0.15, 0.2) is 0 Å². The van der Waals surface area contributed by atoms with Crippen molar-refractivity contribution < 1.29 is 4.74 Å². The molecule has 1 saturated heterocycles. The lowest BCUT2D eigenvalue weighted by Crippen LogP contribution is -2.41. The molecular weight excluding hydrogens is 128 g/mol. The third kappa shape index (κ3) is 2.64. The Morgan fingerprint density at radius 1 is 1.60 bits per heavy atom. The summed E-state index contributed by atoms with van der Waals surface area (Å²) in [4.78, 5) is 0. The maximum absolute atomic E-state index is 6.95. The van der Waals surface area contributed by atoms with Gasteiger partial charge in [-0.1, -0.05) is 0 Å². The quantitative estimate of drug-likeness (QED) is 0.606. The molecule has 1 atom stereocenters. The first kappa shape index (κ1) is 7.98. The van der Waals surface area contributed by atoms with Crippen LogP contribution in [0.1, 0.15) is 12.8 Å². The van der Waals surface area contributed by atoms with Crippen molar-refractivity contribution in [3.8, 4) is 0 Å². The Morgan fingerprint density at radius 3 is 3.10 bits per heavy atom. The average Bonchev–Trinajstić information content (AvgIpc) is 2.03. The summed E-state index contributed by atoms with van der Waals surface area (Å²) in [5.41, 5.74) is 6.95. The molecule has 0 spiro atoms. The highest BCUT2D eigenvalue weighted by molar-refractivity contribution is 4.69. The van der Waals surface area contributed by atoms with Gasteiger partial charge in [0.05, 0.1) is 13.2 Å². The molecule has 3 nitrogen and oxygen atoms in total. The van der Waals surface area contributed by atoms with Crippen molar-refractivity contribution in [3.63, 3.8) is 0 Å². The summed E-state index contributed by atoms with van der Waals surface area (Å²) in [6.07, 6.45) is 2.07. The van der Waals surface area contributed by atoms with Crippen LogP contribution in [0.2, 0.25) is 0 Å². The molecule has 2 N–H and O–H groups in total. The summed E-state index contributed by atoms with van der Waals surface area (Å²) in [6.45, 7) is 3.19. The Kier molecular flexibility index (Phi) is 3.72. The van der Waals surface area contributed by atoms with E-state index in [0.29, 0.717) is 12.6 Å². The molecule has 10 heavy (non-hydrogen) atoms. The van der Waals surface area contributed by atoms with Crippen molar-refractivity contribution in [3.05, 3.63) is 0 Å². The highest BCUT2D eigenvalue weighted by Gasteiger charge is 2.10. The Labute approximate surface area is 61.9 Å². The number of rotatable bonds is 3. The first-order valence-electron chi connectivity index (χ1n) is 3.89. The standard InChI is InChI=1S/C7H15N2O/c8-3-1-2-7-6-10-5-4-9-7/h7-9H,1-6H2. The fraction of sp³-hybridized carbons (Fsp3) is 1.00. The number of nitrogens with one attached hydrogen (secondary N) is 2. The molecule has 0 aromatic heterocycles. The zero-order chi connectivity index (χ0) is 7.23. The molecule has 3 heteroatoms. The van der Waals surface area contributed by atoms with Crippen LogP contribution < -0.4 is 11.1 Å². The molecule has 0 aromatic rings. The van der Waals surface area contributed by atoms with E-state index in [1.807, 2.05) is 0 Å². The second kappa shape index (κ2) is 4.66. The maximum atomic E-state index is 6.95. The Hall–Kier alpha value is -0.120. The van der Waals surface area contributed by atoms with Gasteiger partial charge in [-0.3, -0.25) is 5.73 Å². The first-order valence-corrected chi connectivity index (χ1v) is 3.89. The molecule has 0 amide bonds. The molecule has 59 valence electrons. The SMILES string of the molecule is [NH]CCCC1COCCN1. The molecule has 1 heterocycles. The lowest BCUT2D eigenvalue weighted by Gasteiger charge is -2.23. The number of hydrogen-bond acceptors (Lipinski definition) is 2. The molecule has 1 aliphatic heterocycles. The van der Waals surface area contributed by atoms with Gasteiger partial charge >= 0.3 is 0 Å². The monoisotopic (exact) mass is 143 g/mol. The van der Waals surface area contributed by atoms with Crippen molar-refractivity contribution in [2.75, 3.05) is 26.3 Å². The number of ether oxygens (including phenoxy) is 1. The minimum absolute atomic E-state index is 0.513. The summed E-state index contributed by atoms with van der Waals surface area (Å²) >= 11 is 0. The third-order valence-corrected chi connectivity index (χ3v) is 1.73. The second-order valence-electron chi connectivity index (χ2n) is 2.62. The van der Waals surface area contributed by atoms with Crippen LogP contribution in [0.3, 0.4) is 0 Å². The molecule has 0 aromatic carbocycles. The van der Waals surface area contributed by atoms with Crippen LogP contribution in [0.5, 0.6) is 0 Å². The zero-order valence-corrected chi connectivity index (χ0v) is 6.23. The van der Waals surface area contributed by atoms with Gasteiger partial charge in [0.1, 0.15) is 0 Å². The molecule has 1 fully saturated rings. The van der Waals surface area contributed by atoms with Crippen molar-refractivity contribution in [1.29, 1.82) is 0 Å². The van der Waals surface area contributed by atoms with Gasteiger partial charge in [-0.05, 0) is 12.8 Å². The van der Waals surface area contributed by atoms with Gasteiger partial charge in [0.2, 0.25) is 0 Å². The van der Waals surface area contributed by atoms with Gasteiger partial charge in [-0.2, -0.15) is 0 Å². The lowest BCUT2D eigenvalue weighted by atomic mass is 10.1. The molecule has 1 aliphatic rings. The Bertz CT molecular complexity index is 81.7. The van der Waals surface area contributed by atoms with Gasteiger partial charge < -0.3 is 10.1 Å². The van der Waals surface area contributed by atoms with Crippen LogP contribution >= 0.6 is 0 Å². The maximum Gasteiger partial charge on any atom is 0.0620 e. The van der Waals surface area contributed by atoms with E-state index < -0.39 is 0 Å². The highest BCUT2D eigenvalue weighted by Crippen LogP contribution is 2.00. The van der Waals surface area contributed by atoms with Crippen LogP contribution in [-0.4, -0.2) is 32.3 Å². The molecule has 0 bridgehead atoms. The van der Waals surface area contributed by atoms with Crippen LogP contribution in [0, 0.1) is 0 Å². The Morgan fingerprint density at radius 2 is 2.50 bits per heavy atom. The van der Waals surface area contributed by atoms with Gasteiger partial charge in [0.15, 0.2) is 0 Å². The summed E-state index contributed by atoms with van der Waals surface area (Å²) in [7, 11) is 0. The summed E-state index contributed by atoms with van der Waals surface area (Å²) < 4.78 is 5.26. The molecule has 1 unspecified atom stereocenters. The van der Waals surface area contributed by atoms with Crippen molar-refractivity contribution in [2.45, 2.75) is 18.9 Å². The number of morpholine rings is 1. The van der Waals surface area contributed by atoms with E-state index in [4.69, 9.17) is 10.5 Å². The molecule has 0 saturated carbocycles. The predicted octanol–water partition coefficient (Wildman–Crippen LogP) is 0.0379. The minimum atomic E-state index is 0.513. The van der Waals surface area contributed by atoms with Crippen LogP contribution in [-0.2, 0) is 4.74 Å². The Balaban J connectivity index is 2.02. The summed E-state index contributed by atoms with van der Waals surface area (Å²) in [5, 5.41) is 3.35. The van der Waals surface area contributed by atoms with Gasteiger partial charge in [-0.25, -0.2) is 0 Å². The molecule has 1 radical (unpaired) electrons. The third-order valence-electron chi connectivity index (χ3n) is 1.73. The minimum Gasteiger partial charge on any atom is -0.379 e. The lowest BCUT2D eigenvalue weighted by molar-refractivity contribution is 0.0738. The van der Waals surface area contributed by atoms with E-state index in [1.54, 1.807) is 0 Å². The number of hydrogen-bond donors (Lipinski definition) is 1. The fourth-order valence-corrected chi connectivity index (χ4v) is 1.15. The molecular formula is C7H15N2O. The van der Waals surface area contributed by atoms with Crippen molar-refractivity contribution in [2.24, 2.45) is 0 Å². The highest BCUT2D eigenvalue weighted by atomic mass is 16.5. The molecule has 0 aliphatic carbocycles. The van der Waals surface area contributed by atoms with E-state index in [2.05, 4.69) is 5.32 Å². The van der Waals surface area contributed by atoms with E-state index in [-0.39, 0.29) is 0 Å². The van der Waals surface area contributed by atoms with Crippen LogP contribution in [0.25, 0.3) is 0 Å². The van der Waals surface area contributed by atoms with Gasteiger partial charge in [-0.15, -0.1) is 0 Å².